The van der Waals surface area contributed by atoms with Gasteiger partial charge in [0.25, 0.3) is 0 Å². The Bertz CT molecular complexity index is 347. The van der Waals surface area contributed by atoms with Crippen molar-refractivity contribution in [1.82, 2.24) is 0 Å². The predicted octanol–water partition coefficient (Wildman–Crippen LogP) is 1.07. The highest BCUT2D eigenvalue weighted by Gasteiger charge is 2.10. The Hall–Kier alpha value is -1.81. The SMILES string of the molecule is C=C(C(=O)O)c1ccccc1NN. The summed E-state index contributed by atoms with van der Waals surface area (Å²) in [5.41, 5.74) is 3.48. The number of para-hydroxylation sites is 1. The molecule has 4 N–H and O–H groups in total. The average molecular weight is 178 g/mol. The first-order chi connectivity index (χ1) is 6.16. The van der Waals surface area contributed by atoms with Crippen LogP contribution in [0.25, 0.3) is 5.57 Å². The fourth-order valence-electron chi connectivity index (χ4n) is 0.987. The zero-order valence-corrected chi connectivity index (χ0v) is 6.95. The van der Waals surface area contributed by atoms with E-state index in [1.807, 2.05) is 0 Å². The first kappa shape index (κ1) is 9.28. The van der Waals surface area contributed by atoms with Gasteiger partial charge in [0.05, 0.1) is 11.3 Å². The number of anilines is 1. The number of benzene rings is 1. The van der Waals surface area contributed by atoms with Crippen LogP contribution in [0.5, 0.6) is 0 Å². The van der Waals surface area contributed by atoms with Gasteiger partial charge < -0.3 is 10.5 Å². The zero-order chi connectivity index (χ0) is 9.84. The molecule has 0 spiro atoms. The summed E-state index contributed by atoms with van der Waals surface area (Å²) in [7, 11) is 0. The van der Waals surface area contributed by atoms with Crippen LogP contribution < -0.4 is 11.3 Å². The molecule has 0 amide bonds. The lowest BCUT2D eigenvalue weighted by atomic mass is 10.1. The van der Waals surface area contributed by atoms with Crippen molar-refractivity contribution < 1.29 is 9.90 Å². The molecule has 0 heterocycles. The van der Waals surface area contributed by atoms with E-state index in [0.29, 0.717) is 11.3 Å². The highest BCUT2D eigenvalue weighted by atomic mass is 16.4. The van der Waals surface area contributed by atoms with Gasteiger partial charge in [0.15, 0.2) is 0 Å². The van der Waals surface area contributed by atoms with E-state index in [1.165, 1.54) is 0 Å². The number of carboxylic acid groups (broad SMARTS) is 1. The summed E-state index contributed by atoms with van der Waals surface area (Å²) in [6, 6.07) is 6.81. The van der Waals surface area contributed by atoms with Crippen LogP contribution in [0.3, 0.4) is 0 Å². The molecule has 0 radical (unpaired) electrons. The minimum absolute atomic E-state index is 0.0218. The van der Waals surface area contributed by atoms with E-state index < -0.39 is 5.97 Å². The standard InChI is InChI=1S/C9H10N2O2/c1-6(9(12)13)7-4-2-3-5-8(7)11-10/h2-5,11H,1,10H2,(H,12,13). The second-order valence-corrected chi connectivity index (χ2v) is 2.47. The van der Waals surface area contributed by atoms with E-state index in [2.05, 4.69) is 12.0 Å². The van der Waals surface area contributed by atoms with Crippen LogP contribution in [0.1, 0.15) is 5.56 Å². The molecule has 0 atom stereocenters. The molecule has 0 aliphatic heterocycles. The van der Waals surface area contributed by atoms with Crippen molar-refractivity contribution in [1.29, 1.82) is 0 Å². The van der Waals surface area contributed by atoms with Crippen LogP contribution >= 0.6 is 0 Å². The minimum Gasteiger partial charge on any atom is -0.478 e. The Kier molecular flexibility index (Phi) is 2.66. The monoisotopic (exact) mass is 178 g/mol. The molecular formula is C9H10N2O2. The number of hydrazine groups is 1. The predicted molar refractivity (Wildman–Crippen MR) is 50.9 cm³/mol. The molecule has 0 bridgehead atoms. The normalized spacial score (nSPS) is 9.31. The van der Waals surface area contributed by atoms with Gasteiger partial charge >= 0.3 is 5.97 Å². The summed E-state index contributed by atoms with van der Waals surface area (Å²) in [6.07, 6.45) is 0. The van der Waals surface area contributed by atoms with Gasteiger partial charge in [0.2, 0.25) is 0 Å². The van der Waals surface area contributed by atoms with E-state index in [-0.39, 0.29) is 5.57 Å². The fourth-order valence-corrected chi connectivity index (χ4v) is 0.987. The fraction of sp³-hybridized carbons (Fsp3) is 0. The zero-order valence-electron chi connectivity index (χ0n) is 6.95. The van der Waals surface area contributed by atoms with Gasteiger partial charge in [-0.1, -0.05) is 24.8 Å². The molecular weight excluding hydrogens is 168 g/mol. The Morgan fingerprint density at radius 1 is 1.46 bits per heavy atom. The van der Waals surface area contributed by atoms with Crippen LogP contribution in [-0.2, 0) is 4.79 Å². The second kappa shape index (κ2) is 3.73. The number of hydrogen-bond acceptors (Lipinski definition) is 3. The molecule has 4 heteroatoms. The van der Waals surface area contributed by atoms with E-state index >= 15 is 0 Å². The van der Waals surface area contributed by atoms with Crippen LogP contribution in [0.2, 0.25) is 0 Å². The summed E-state index contributed by atoms with van der Waals surface area (Å²) in [4.78, 5) is 10.6. The maximum atomic E-state index is 10.6. The summed E-state index contributed by atoms with van der Waals surface area (Å²) in [6.45, 7) is 3.44. The van der Waals surface area contributed by atoms with Crippen LogP contribution in [0.4, 0.5) is 5.69 Å². The number of nitrogen functional groups attached to an aromatic ring is 1. The lowest BCUT2D eigenvalue weighted by Gasteiger charge is -2.07. The Morgan fingerprint density at radius 3 is 2.62 bits per heavy atom. The molecule has 1 aromatic carbocycles. The smallest absolute Gasteiger partial charge is 0.335 e. The number of rotatable bonds is 3. The van der Waals surface area contributed by atoms with Crippen molar-refractivity contribution in [3.63, 3.8) is 0 Å². The van der Waals surface area contributed by atoms with Gasteiger partial charge in [-0.25, -0.2) is 4.79 Å². The summed E-state index contributed by atoms with van der Waals surface area (Å²) in [5.74, 6) is 4.15. The number of aliphatic carboxylic acids is 1. The van der Waals surface area contributed by atoms with Crippen molar-refractivity contribution in [3.8, 4) is 0 Å². The number of carboxylic acids is 1. The number of hydrogen-bond donors (Lipinski definition) is 3. The van der Waals surface area contributed by atoms with E-state index in [0.717, 1.165) is 0 Å². The largest absolute Gasteiger partial charge is 0.478 e. The van der Waals surface area contributed by atoms with Crippen LogP contribution in [0, 0.1) is 0 Å². The van der Waals surface area contributed by atoms with E-state index in [9.17, 15) is 4.79 Å². The first-order valence-corrected chi connectivity index (χ1v) is 3.65. The molecule has 0 aliphatic carbocycles. The van der Waals surface area contributed by atoms with Crippen molar-refractivity contribution in [2.24, 2.45) is 5.84 Å². The molecule has 13 heavy (non-hydrogen) atoms. The van der Waals surface area contributed by atoms with Gasteiger partial charge in [0, 0.05) is 5.56 Å². The third kappa shape index (κ3) is 1.86. The molecule has 0 saturated carbocycles. The topological polar surface area (TPSA) is 75.3 Å². The van der Waals surface area contributed by atoms with Crippen LogP contribution in [-0.4, -0.2) is 11.1 Å². The Labute approximate surface area is 75.7 Å². The number of carbonyl (C=O) groups is 1. The minimum atomic E-state index is -1.05. The van der Waals surface area contributed by atoms with Crippen molar-refractivity contribution in [2.75, 3.05) is 5.43 Å². The molecule has 0 saturated heterocycles. The van der Waals surface area contributed by atoms with Crippen molar-refractivity contribution >= 4 is 17.2 Å². The van der Waals surface area contributed by atoms with Crippen molar-refractivity contribution in [2.45, 2.75) is 0 Å². The molecule has 68 valence electrons. The maximum absolute atomic E-state index is 10.6. The Morgan fingerprint density at radius 2 is 2.08 bits per heavy atom. The second-order valence-electron chi connectivity index (χ2n) is 2.47. The average Bonchev–Trinajstić information content (AvgIpc) is 2.16. The molecule has 0 unspecified atom stereocenters. The van der Waals surface area contributed by atoms with Gasteiger partial charge in [-0.05, 0) is 6.07 Å². The Balaban J connectivity index is 3.13. The number of nitrogens with two attached hydrogens (primary N) is 1. The van der Waals surface area contributed by atoms with Crippen LogP contribution in [0.15, 0.2) is 30.8 Å². The quantitative estimate of drug-likeness (QED) is 0.367. The van der Waals surface area contributed by atoms with Gasteiger partial charge in [-0.15, -0.1) is 0 Å². The summed E-state index contributed by atoms with van der Waals surface area (Å²) < 4.78 is 0. The highest BCUT2D eigenvalue weighted by Crippen LogP contribution is 2.21. The molecule has 1 aromatic rings. The number of nitrogens with one attached hydrogen (secondary N) is 1. The summed E-state index contributed by atoms with van der Waals surface area (Å²) >= 11 is 0. The maximum Gasteiger partial charge on any atom is 0.335 e. The lowest BCUT2D eigenvalue weighted by Crippen LogP contribution is -2.10. The van der Waals surface area contributed by atoms with E-state index in [4.69, 9.17) is 10.9 Å². The highest BCUT2D eigenvalue weighted by molar-refractivity contribution is 6.16. The molecule has 0 aliphatic rings. The molecule has 0 aromatic heterocycles. The third-order valence-corrected chi connectivity index (χ3v) is 1.67. The third-order valence-electron chi connectivity index (χ3n) is 1.67. The summed E-state index contributed by atoms with van der Waals surface area (Å²) in [5, 5.41) is 8.69. The molecule has 1 rings (SSSR count). The van der Waals surface area contributed by atoms with Gasteiger partial charge in [-0.3, -0.25) is 5.84 Å². The van der Waals surface area contributed by atoms with Gasteiger partial charge in [0.1, 0.15) is 0 Å². The van der Waals surface area contributed by atoms with Gasteiger partial charge in [-0.2, -0.15) is 0 Å². The lowest BCUT2D eigenvalue weighted by molar-refractivity contribution is -0.130. The molecule has 0 fully saturated rings. The van der Waals surface area contributed by atoms with Crippen molar-refractivity contribution in [3.05, 3.63) is 36.4 Å². The van der Waals surface area contributed by atoms with E-state index in [1.54, 1.807) is 24.3 Å². The molecule has 4 nitrogen and oxygen atoms in total. The first-order valence-electron chi connectivity index (χ1n) is 3.65.